The number of rotatable bonds is 4. The summed E-state index contributed by atoms with van der Waals surface area (Å²) in [5, 5.41) is 39.3. The van der Waals surface area contributed by atoms with Crippen LogP contribution in [0.4, 0.5) is 0 Å². The molecule has 6 rings (SSSR count). The van der Waals surface area contributed by atoms with Gasteiger partial charge in [-0.3, -0.25) is 0 Å². The summed E-state index contributed by atoms with van der Waals surface area (Å²) in [6.45, 7) is 0. The molecule has 0 aliphatic heterocycles. The molecule has 1 aromatic heterocycles. The molecular weight excluding hydrogens is 452 g/mol. The first-order chi connectivity index (χ1) is 17.4. The minimum absolute atomic E-state index is 0.429. The third-order valence-electron chi connectivity index (χ3n) is 7.44. The number of ether oxygens (including phenoxy) is 1. The SMILES string of the molecule is COc1ccc(-c2c3c(nc4c2CCc2ccc(B(O)O)cc2-4)-c2cc(B(O)O)ccc2CC3)cc1. The first-order valence-electron chi connectivity index (χ1n) is 12.1. The lowest BCUT2D eigenvalue weighted by atomic mass is 9.73. The molecule has 4 aromatic rings. The number of hydrogen-bond acceptors (Lipinski definition) is 6. The highest BCUT2D eigenvalue weighted by Crippen LogP contribution is 2.45. The minimum Gasteiger partial charge on any atom is -0.497 e. The standard InChI is InChI=1S/C28H25B2NO5/c1-36-21-10-4-18(5-11-21)26-22-12-6-16-2-8-19(29(32)33)14-24(16)27(22)31-28-23(26)13-7-17-3-9-20(30(34)35)15-25(17)28/h2-5,8-11,14-15,32-35H,6-7,12-13H2,1H3. The molecule has 1 heterocycles. The van der Waals surface area contributed by atoms with Crippen LogP contribution >= 0.6 is 0 Å². The van der Waals surface area contributed by atoms with Crippen LogP contribution in [0.2, 0.25) is 0 Å². The maximum Gasteiger partial charge on any atom is 0.488 e. The van der Waals surface area contributed by atoms with E-state index in [1.807, 2.05) is 36.4 Å². The minimum atomic E-state index is -1.56. The quantitative estimate of drug-likeness (QED) is 0.334. The Kier molecular flexibility index (Phi) is 5.69. The van der Waals surface area contributed by atoms with Gasteiger partial charge in [-0.2, -0.15) is 0 Å². The van der Waals surface area contributed by atoms with E-state index in [-0.39, 0.29) is 0 Å². The van der Waals surface area contributed by atoms with Crippen molar-refractivity contribution in [3.05, 3.63) is 82.9 Å². The van der Waals surface area contributed by atoms with Gasteiger partial charge in [0.1, 0.15) is 5.75 Å². The Morgan fingerprint density at radius 3 is 1.61 bits per heavy atom. The topological polar surface area (TPSA) is 103 Å². The van der Waals surface area contributed by atoms with Crippen LogP contribution in [0, 0.1) is 0 Å². The predicted molar refractivity (Wildman–Crippen MR) is 142 cm³/mol. The van der Waals surface area contributed by atoms with Crippen molar-refractivity contribution in [3.63, 3.8) is 0 Å². The fourth-order valence-corrected chi connectivity index (χ4v) is 5.61. The highest BCUT2D eigenvalue weighted by molar-refractivity contribution is 6.59. The lowest BCUT2D eigenvalue weighted by Crippen LogP contribution is -2.31. The molecule has 4 N–H and O–H groups in total. The van der Waals surface area contributed by atoms with Gasteiger partial charge in [-0.05, 0) is 82.1 Å². The monoisotopic (exact) mass is 477 g/mol. The molecule has 0 saturated carbocycles. The summed E-state index contributed by atoms with van der Waals surface area (Å²) in [4.78, 5) is 5.21. The van der Waals surface area contributed by atoms with Crippen LogP contribution in [0.3, 0.4) is 0 Å². The molecule has 0 radical (unpaired) electrons. The van der Waals surface area contributed by atoms with Crippen molar-refractivity contribution in [1.29, 1.82) is 0 Å². The van der Waals surface area contributed by atoms with Crippen molar-refractivity contribution in [3.8, 4) is 39.4 Å². The van der Waals surface area contributed by atoms with E-state index in [0.29, 0.717) is 10.9 Å². The van der Waals surface area contributed by atoms with Crippen molar-refractivity contribution in [2.75, 3.05) is 7.11 Å². The van der Waals surface area contributed by atoms with Gasteiger partial charge < -0.3 is 24.8 Å². The Morgan fingerprint density at radius 1 is 0.667 bits per heavy atom. The Hall–Kier alpha value is -3.42. The number of nitrogens with zero attached hydrogens (tertiary/aromatic N) is 1. The zero-order valence-electron chi connectivity index (χ0n) is 19.9. The fourth-order valence-electron chi connectivity index (χ4n) is 5.61. The van der Waals surface area contributed by atoms with Crippen molar-refractivity contribution >= 4 is 25.2 Å². The third kappa shape index (κ3) is 3.74. The molecule has 0 spiro atoms. The average molecular weight is 477 g/mol. The molecule has 8 heteroatoms. The van der Waals surface area contributed by atoms with Crippen LogP contribution in [-0.2, 0) is 25.7 Å². The van der Waals surface area contributed by atoms with Gasteiger partial charge >= 0.3 is 14.2 Å². The molecule has 2 aliphatic rings. The van der Waals surface area contributed by atoms with E-state index in [1.54, 1.807) is 19.2 Å². The predicted octanol–water partition coefficient (Wildman–Crippen LogP) is 1.65. The van der Waals surface area contributed by atoms with Crippen LogP contribution in [0.5, 0.6) is 5.75 Å². The molecule has 0 unspecified atom stereocenters. The molecule has 36 heavy (non-hydrogen) atoms. The van der Waals surface area contributed by atoms with E-state index >= 15 is 0 Å². The number of aromatic nitrogens is 1. The van der Waals surface area contributed by atoms with Crippen molar-refractivity contribution in [2.45, 2.75) is 25.7 Å². The summed E-state index contributed by atoms with van der Waals surface area (Å²) in [6.07, 6.45) is 3.33. The van der Waals surface area contributed by atoms with E-state index in [9.17, 15) is 20.1 Å². The largest absolute Gasteiger partial charge is 0.497 e. The molecule has 3 aromatic carbocycles. The van der Waals surface area contributed by atoms with Crippen molar-refractivity contribution in [1.82, 2.24) is 4.98 Å². The molecule has 0 amide bonds. The van der Waals surface area contributed by atoms with Crippen LogP contribution in [0.25, 0.3) is 33.6 Å². The average Bonchev–Trinajstić information content (AvgIpc) is 2.91. The van der Waals surface area contributed by atoms with E-state index in [2.05, 4.69) is 12.1 Å². The van der Waals surface area contributed by atoms with E-state index in [0.717, 1.165) is 87.3 Å². The lowest BCUT2D eigenvalue weighted by molar-refractivity contribution is 0.415. The molecule has 0 fully saturated rings. The lowest BCUT2D eigenvalue weighted by Gasteiger charge is -2.29. The van der Waals surface area contributed by atoms with E-state index in [1.165, 1.54) is 0 Å². The summed E-state index contributed by atoms with van der Waals surface area (Å²) in [5.41, 5.74) is 11.1. The number of aryl methyl sites for hydroxylation is 2. The maximum absolute atomic E-state index is 9.84. The number of benzene rings is 3. The molecule has 0 saturated heterocycles. The summed E-state index contributed by atoms with van der Waals surface area (Å²) in [7, 11) is -1.47. The summed E-state index contributed by atoms with van der Waals surface area (Å²) in [5.74, 6) is 0.786. The molecule has 6 nitrogen and oxygen atoms in total. The van der Waals surface area contributed by atoms with Crippen molar-refractivity contribution < 1.29 is 24.8 Å². The zero-order chi connectivity index (χ0) is 25.0. The molecular formula is C28H25B2NO5. The molecule has 0 atom stereocenters. The van der Waals surface area contributed by atoms with Gasteiger partial charge in [0.15, 0.2) is 0 Å². The first kappa shape index (κ1) is 23.0. The second-order valence-electron chi connectivity index (χ2n) is 9.45. The molecule has 2 aliphatic carbocycles. The van der Waals surface area contributed by atoms with Gasteiger partial charge in [0.05, 0.1) is 18.5 Å². The smallest absolute Gasteiger partial charge is 0.488 e. The highest BCUT2D eigenvalue weighted by Gasteiger charge is 2.30. The highest BCUT2D eigenvalue weighted by atomic mass is 16.5. The Bertz CT molecular complexity index is 1400. The van der Waals surface area contributed by atoms with Crippen LogP contribution in [-0.4, -0.2) is 46.4 Å². The number of hydrogen-bond donors (Lipinski definition) is 4. The molecule has 178 valence electrons. The number of pyridine rings is 1. The third-order valence-corrected chi connectivity index (χ3v) is 7.44. The van der Waals surface area contributed by atoms with Gasteiger partial charge in [0.2, 0.25) is 0 Å². The van der Waals surface area contributed by atoms with Crippen LogP contribution in [0.1, 0.15) is 22.3 Å². The number of methoxy groups -OCH3 is 1. The second kappa shape index (κ2) is 8.91. The first-order valence-corrected chi connectivity index (χ1v) is 12.1. The Balaban J connectivity index is 1.66. The van der Waals surface area contributed by atoms with Gasteiger partial charge in [-0.1, -0.05) is 48.5 Å². The molecule has 0 bridgehead atoms. The summed E-state index contributed by atoms with van der Waals surface area (Å²) >= 11 is 0. The normalized spacial score (nSPS) is 13.2. The fraction of sp³-hybridized carbons (Fsp3) is 0.179. The summed E-state index contributed by atoms with van der Waals surface area (Å²) < 4.78 is 5.39. The van der Waals surface area contributed by atoms with Gasteiger partial charge in [-0.15, -0.1) is 0 Å². The Labute approximate surface area is 210 Å². The van der Waals surface area contributed by atoms with Crippen LogP contribution < -0.4 is 15.7 Å². The van der Waals surface area contributed by atoms with Gasteiger partial charge in [0.25, 0.3) is 0 Å². The van der Waals surface area contributed by atoms with E-state index in [4.69, 9.17) is 9.72 Å². The zero-order valence-corrected chi connectivity index (χ0v) is 19.9. The maximum atomic E-state index is 9.84. The van der Waals surface area contributed by atoms with Gasteiger partial charge in [0, 0.05) is 11.1 Å². The van der Waals surface area contributed by atoms with Gasteiger partial charge in [-0.25, -0.2) is 4.98 Å². The van der Waals surface area contributed by atoms with E-state index < -0.39 is 14.2 Å². The second-order valence-corrected chi connectivity index (χ2v) is 9.45. The van der Waals surface area contributed by atoms with Crippen LogP contribution in [0.15, 0.2) is 60.7 Å². The number of fused-ring (bicyclic) bond motifs is 6. The Morgan fingerprint density at radius 2 is 1.17 bits per heavy atom. The summed E-state index contributed by atoms with van der Waals surface area (Å²) in [6, 6.07) is 19.1. The van der Waals surface area contributed by atoms with Crippen molar-refractivity contribution in [2.24, 2.45) is 0 Å².